The number of amides is 1. The Hall–Kier alpha value is -1.35. The van der Waals surface area contributed by atoms with Crippen LogP contribution in [-0.4, -0.2) is 58.4 Å². The van der Waals surface area contributed by atoms with Crippen molar-refractivity contribution in [3.63, 3.8) is 0 Å². The van der Waals surface area contributed by atoms with E-state index in [0.29, 0.717) is 12.1 Å². The zero-order valence-electron chi connectivity index (χ0n) is 14.9. The second-order valence-corrected chi connectivity index (χ2v) is 8.42. The number of hydrogen-bond acceptors (Lipinski definition) is 5. The molecule has 2 rings (SSSR count). The smallest absolute Gasteiger partial charge is 0.253 e. The van der Waals surface area contributed by atoms with Gasteiger partial charge in [-0.2, -0.15) is 0 Å². The maximum absolute atomic E-state index is 12.6. The Balaban J connectivity index is 0.00000312. The minimum atomic E-state index is -3.60. The van der Waals surface area contributed by atoms with Crippen molar-refractivity contribution in [1.82, 2.24) is 9.62 Å². The van der Waals surface area contributed by atoms with Crippen LogP contribution in [0.15, 0.2) is 23.1 Å². The fraction of sp³-hybridized carbons (Fsp3) is 0.562. The van der Waals surface area contributed by atoms with Crippen molar-refractivity contribution in [2.45, 2.75) is 30.7 Å². The number of rotatable bonds is 6. The molecule has 142 valence electrons. The molecular weight excluding hydrogens is 364 g/mol. The third-order valence-corrected chi connectivity index (χ3v) is 5.98. The summed E-state index contributed by atoms with van der Waals surface area (Å²) in [7, 11) is -0.653. The third-order valence-electron chi connectivity index (χ3n) is 4.17. The first kappa shape index (κ1) is 21.7. The second-order valence-electron chi connectivity index (χ2n) is 6.27. The maximum Gasteiger partial charge on any atom is 0.253 e. The van der Waals surface area contributed by atoms with Crippen molar-refractivity contribution >= 4 is 34.0 Å². The standard InChI is InChI=1S/C16H26N4O3S.ClH/c1-12(11-17)18-16(21)14-10-13(24(22,23)19(2)3)6-7-15(14)20-8-4-5-9-20;/h6-7,10,12H,4-5,8-9,11,17H2,1-3H3,(H,18,21);1H/t12-;/m0./s1. The van der Waals surface area contributed by atoms with Crippen molar-refractivity contribution in [2.24, 2.45) is 5.73 Å². The van der Waals surface area contributed by atoms with Gasteiger partial charge in [-0.05, 0) is 38.0 Å². The molecule has 1 aliphatic heterocycles. The number of benzene rings is 1. The van der Waals surface area contributed by atoms with E-state index in [1.807, 2.05) is 6.92 Å². The Labute approximate surface area is 156 Å². The summed E-state index contributed by atoms with van der Waals surface area (Å²) < 4.78 is 25.9. The molecular formula is C16H27ClN4O3S. The molecule has 1 heterocycles. The van der Waals surface area contributed by atoms with Crippen LogP contribution in [0.25, 0.3) is 0 Å². The van der Waals surface area contributed by atoms with E-state index < -0.39 is 10.0 Å². The quantitative estimate of drug-likeness (QED) is 0.756. The molecule has 0 radical (unpaired) electrons. The number of nitrogens with two attached hydrogens (primary N) is 1. The summed E-state index contributed by atoms with van der Waals surface area (Å²) in [5.74, 6) is -0.300. The molecule has 1 fully saturated rings. The van der Waals surface area contributed by atoms with Gasteiger partial charge in [0.05, 0.1) is 10.5 Å². The molecule has 0 aromatic heterocycles. The number of sulfonamides is 1. The van der Waals surface area contributed by atoms with Crippen LogP contribution in [0.3, 0.4) is 0 Å². The summed E-state index contributed by atoms with van der Waals surface area (Å²) in [5, 5.41) is 2.82. The Bertz CT molecular complexity index is 703. The lowest BCUT2D eigenvalue weighted by molar-refractivity contribution is 0.0941. The number of carbonyl (C=O) groups is 1. The van der Waals surface area contributed by atoms with E-state index in [2.05, 4.69) is 10.2 Å². The van der Waals surface area contributed by atoms with Gasteiger partial charge in [0.1, 0.15) is 0 Å². The molecule has 1 amide bonds. The Morgan fingerprint density at radius 1 is 1.32 bits per heavy atom. The lowest BCUT2D eigenvalue weighted by Gasteiger charge is -2.23. The Morgan fingerprint density at radius 2 is 1.92 bits per heavy atom. The van der Waals surface area contributed by atoms with E-state index in [1.54, 1.807) is 12.1 Å². The van der Waals surface area contributed by atoms with Crippen LogP contribution in [0.1, 0.15) is 30.1 Å². The SMILES string of the molecule is C[C@@H](CN)NC(=O)c1cc(S(=O)(=O)N(C)C)ccc1N1CCCC1.Cl. The van der Waals surface area contributed by atoms with Crippen LogP contribution in [0.5, 0.6) is 0 Å². The van der Waals surface area contributed by atoms with E-state index in [0.717, 1.165) is 35.9 Å². The molecule has 1 aromatic carbocycles. The van der Waals surface area contributed by atoms with Gasteiger partial charge in [0, 0.05) is 45.5 Å². The van der Waals surface area contributed by atoms with Crippen LogP contribution >= 0.6 is 12.4 Å². The highest BCUT2D eigenvalue weighted by Crippen LogP contribution is 2.28. The fourth-order valence-corrected chi connectivity index (χ4v) is 3.59. The zero-order chi connectivity index (χ0) is 17.9. The molecule has 1 atom stereocenters. The number of nitrogens with zero attached hydrogens (tertiary/aromatic N) is 2. The molecule has 3 N–H and O–H groups in total. The maximum atomic E-state index is 12.6. The molecule has 0 aliphatic carbocycles. The van der Waals surface area contributed by atoms with Gasteiger partial charge in [-0.25, -0.2) is 12.7 Å². The van der Waals surface area contributed by atoms with Crippen LogP contribution in [0.2, 0.25) is 0 Å². The fourth-order valence-electron chi connectivity index (χ4n) is 2.66. The minimum absolute atomic E-state index is 0. The summed E-state index contributed by atoms with van der Waals surface area (Å²) in [5.41, 5.74) is 6.72. The number of halogens is 1. The monoisotopic (exact) mass is 390 g/mol. The first-order valence-electron chi connectivity index (χ1n) is 8.10. The molecule has 0 spiro atoms. The van der Waals surface area contributed by atoms with Crippen molar-refractivity contribution in [3.8, 4) is 0 Å². The van der Waals surface area contributed by atoms with Crippen LogP contribution in [0, 0.1) is 0 Å². The first-order chi connectivity index (χ1) is 11.3. The van der Waals surface area contributed by atoms with Gasteiger partial charge in [0.15, 0.2) is 0 Å². The van der Waals surface area contributed by atoms with Crippen LogP contribution in [-0.2, 0) is 10.0 Å². The van der Waals surface area contributed by atoms with Gasteiger partial charge in [-0.1, -0.05) is 0 Å². The highest BCUT2D eigenvalue weighted by Gasteiger charge is 2.24. The van der Waals surface area contributed by atoms with Crippen molar-refractivity contribution in [3.05, 3.63) is 23.8 Å². The van der Waals surface area contributed by atoms with Crippen LogP contribution < -0.4 is 16.0 Å². The zero-order valence-corrected chi connectivity index (χ0v) is 16.5. The molecule has 1 aliphatic rings. The van der Waals surface area contributed by atoms with Crippen molar-refractivity contribution in [1.29, 1.82) is 0 Å². The van der Waals surface area contributed by atoms with Crippen molar-refractivity contribution < 1.29 is 13.2 Å². The number of nitrogens with one attached hydrogen (secondary N) is 1. The van der Waals surface area contributed by atoms with E-state index in [-0.39, 0.29) is 29.3 Å². The Morgan fingerprint density at radius 3 is 2.44 bits per heavy atom. The minimum Gasteiger partial charge on any atom is -0.371 e. The summed E-state index contributed by atoms with van der Waals surface area (Å²) in [6.45, 7) is 3.87. The second kappa shape index (κ2) is 8.84. The Kier molecular flexibility index (Phi) is 7.67. The lowest BCUT2D eigenvalue weighted by Crippen LogP contribution is -2.38. The highest BCUT2D eigenvalue weighted by molar-refractivity contribution is 7.89. The van der Waals surface area contributed by atoms with Gasteiger partial charge in [-0.3, -0.25) is 4.79 Å². The highest BCUT2D eigenvalue weighted by atomic mass is 35.5. The van der Waals surface area contributed by atoms with E-state index >= 15 is 0 Å². The summed E-state index contributed by atoms with van der Waals surface area (Å²) in [6.07, 6.45) is 2.13. The molecule has 0 unspecified atom stereocenters. The normalized spacial score (nSPS) is 15.8. The van der Waals surface area contributed by atoms with Gasteiger partial charge < -0.3 is 16.0 Å². The third kappa shape index (κ3) is 4.84. The topological polar surface area (TPSA) is 95.7 Å². The van der Waals surface area contributed by atoms with Crippen molar-refractivity contribution in [2.75, 3.05) is 38.6 Å². The number of carbonyl (C=O) groups excluding carboxylic acids is 1. The molecule has 9 heteroatoms. The van der Waals surface area contributed by atoms with E-state index in [4.69, 9.17) is 5.73 Å². The average Bonchev–Trinajstić information content (AvgIpc) is 3.08. The predicted molar refractivity (Wildman–Crippen MR) is 102 cm³/mol. The molecule has 0 bridgehead atoms. The molecule has 25 heavy (non-hydrogen) atoms. The van der Waals surface area contributed by atoms with E-state index in [1.165, 1.54) is 20.2 Å². The largest absolute Gasteiger partial charge is 0.371 e. The average molecular weight is 391 g/mol. The molecule has 7 nitrogen and oxygen atoms in total. The van der Waals surface area contributed by atoms with Gasteiger partial charge in [0.2, 0.25) is 10.0 Å². The van der Waals surface area contributed by atoms with Gasteiger partial charge in [0.25, 0.3) is 5.91 Å². The number of hydrogen-bond donors (Lipinski definition) is 2. The van der Waals surface area contributed by atoms with E-state index in [9.17, 15) is 13.2 Å². The van der Waals surface area contributed by atoms with Crippen LogP contribution in [0.4, 0.5) is 5.69 Å². The summed E-state index contributed by atoms with van der Waals surface area (Å²) in [4.78, 5) is 14.9. The molecule has 0 saturated carbocycles. The molecule has 1 aromatic rings. The summed E-state index contributed by atoms with van der Waals surface area (Å²) >= 11 is 0. The number of anilines is 1. The first-order valence-corrected chi connectivity index (χ1v) is 9.54. The lowest BCUT2D eigenvalue weighted by atomic mass is 10.1. The van der Waals surface area contributed by atoms with Gasteiger partial charge in [-0.15, -0.1) is 12.4 Å². The van der Waals surface area contributed by atoms with Gasteiger partial charge >= 0.3 is 0 Å². The molecule has 1 saturated heterocycles. The predicted octanol–water partition coefficient (Wildman–Crippen LogP) is 1.04. The summed E-state index contributed by atoms with van der Waals surface area (Å²) in [6, 6.07) is 4.57.